The highest BCUT2D eigenvalue weighted by atomic mass is 79.9. The number of rotatable bonds is 2. The van der Waals surface area contributed by atoms with Gasteiger partial charge < -0.3 is 5.11 Å². The van der Waals surface area contributed by atoms with E-state index in [4.69, 9.17) is 5.11 Å². The number of halogens is 1. The molecule has 0 aliphatic heterocycles. The number of hydrogen-bond donors (Lipinski definition) is 1. The third kappa shape index (κ3) is 1.87. The maximum Gasteiger partial charge on any atom is 0.276 e. The first-order valence-electron chi connectivity index (χ1n) is 3.61. The van der Waals surface area contributed by atoms with Gasteiger partial charge in [0.1, 0.15) is 0 Å². The van der Waals surface area contributed by atoms with Crippen LogP contribution in [0, 0.1) is 17.0 Å². The largest absolute Gasteiger partial charge is 0.391 e. The molecule has 0 aliphatic rings. The number of benzene rings is 1. The van der Waals surface area contributed by atoms with Crippen molar-refractivity contribution in [1.29, 1.82) is 0 Å². The number of aliphatic hydroxyl groups is 1. The topological polar surface area (TPSA) is 63.4 Å². The molecule has 0 saturated heterocycles. The molecule has 1 N–H and O–H groups in total. The first-order chi connectivity index (χ1) is 6.07. The summed E-state index contributed by atoms with van der Waals surface area (Å²) < 4.78 is 0.601. The molecular formula is C8H8BrNO3. The van der Waals surface area contributed by atoms with Crippen LogP contribution in [0.15, 0.2) is 16.6 Å². The summed E-state index contributed by atoms with van der Waals surface area (Å²) in [4.78, 5) is 10.0. The molecule has 0 aliphatic carbocycles. The minimum absolute atomic E-state index is 0.0556. The van der Waals surface area contributed by atoms with Gasteiger partial charge in [0, 0.05) is 10.5 Å². The van der Waals surface area contributed by atoms with Gasteiger partial charge in [0.15, 0.2) is 0 Å². The Morgan fingerprint density at radius 3 is 2.69 bits per heavy atom. The van der Waals surface area contributed by atoms with E-state index in [2.05, 4.69) is 15.9 Å². The highest BCUT2D eigenvalue weighted by Crippen LogP contribution is 2.29. The Morgan fingerprint density at radius 2 is 2.23 bits per heavy atom. The van der Waals surface area contributed by atoms with E-state index in [-0.39, 0.29) is 12.3 Å². The van der Waals surface area contributed by atoms with Crippen LogP contribution in [0.1, 0.15) is 11.1 Å². The van der Waals surface area contributed by atoms with E-state index in [9.17, 15) is 10.1 Å². The van der Waals surface area contributed by atoms with Gasteiger partial charge in [-0.25, -0.2) is 0 Å². The predicted octanol–water partition coefficient (Wildman–Crippen LogP) is 2.16. The smallest absolute Gasteiger partial charge is 0.276 e. The second kappa shape index (κ2) is 3.85. The molecular weight excluding hydrogens is 238 g/mol. The van der Waals surface area contributed by atoms with Crippen LogP contribution in [-0.4, -0.2) is 10.0 Å². The summed E-state index contributed by atoms with van der Waals surface area (Å²) in [6.45, 7) is 1.48. The predicted molar refractivity (Wildman–Crippen MR) is 51.5 cm³/mol. The molecule has 0 spiro atoms. The van der Waals surface area contributed by atoms with E-state index in [1.165, 1.54) is 6.07 Å². The normalized spacial score (nSPS) is 10.1. The summed E-state index contributed by atoms with van der Waals surface area (Å²) in [5.41, 5.74) is 1.14. The van der Waals surface area contributed by atoms with Crippen molar-refractivity contribution < 1.29 is 10.0 Å². The Balaban J connectivity index is 3.38. The van der Waals surface area contributed by atoms with E-state index >= 15 is 0 Å². The lowest BCUT2D eigenvalue weighted by Gasteiger charge is -2.04. The van der Waals surface area contributed by atoms with E-state index in [1.54, 1.807) is 6.07 Å². The molecule has 1 rings (SSSR count). The standard InChI is InChI=1S/C8H8BrNO3/c1-5-2-3-7(10(12)13)6(4-11)8(5)9/h2-3,11H,4H2,1H3. The number of nitro groups is 1. The van der Waals surface area contributed by atoms with Crippen LogP contribution < -0.4 is 0 Å². The zero-order valence-electron chi connectivity index (χ0n) is 6.95. The minimum atomic E-state index is -0.504. The molecule has 0 unspecified atom stereocenters. The van der Waals surface area contributed by atoms with Gasteiger partial charge in [-0.3, -0.25) is 10.1 Å². The van der Waals surface area contributed by atoms with Crippen molar-refractivity contribution in [2.45, 2.75) is 13.5 Å². The lowest BCUT2D eigenvalue weighted by Crippen LogP contribution is -1.97. The molecule has 0 saturated carbocycles. The number of aryl methyl sites for hydroxylation is 1. The first-order valence-corrected chi connectivity index (χ1v) is 4.40. The number of hydrogen-bond acceptors (Lipinski definition) is 3. The lowest BCUT2D eigenvalue weighted by molar-refractivity contribution is -0.385. The van der Waals surface area contributed by atoms with Gasteiger partial charge in [-0.05, 0) is 28.4 Å². The lowest BCUT2D eigenvalue weighted by atomic mass is 10.1. The van der Waals surface area contributed by atoms with Crippen molar-refractivity contribution in [3.05, 3.63) is 37.8 Å². The molecule has 0 bridgehead atoms. The Kier molecular flexibility index (Phi) is 3.00. The second-order valence-electron chi connectivity index (χ2n) is 2.61. The highest BCUT2D eigenvalue weighted by Gasteiger charge is 2.16. The summed E-state index contributed by atoms with van der Waals surface area (Å²) in [5, 5.41) is 19.5. The van der Waals surface area contributed by atoms with Crippen LogP contribution in [0.25, 0.3) is 0 Å². The van der Waals surface area contributed by atoms with Crippen LogP contribution in [-0.2, 0) is 6.61 Å². The van der Waals surface area contributed by atoms with E-state index in [0.29, 0.717) is 10.0 Å². The molecule has 0 amide bonds. The third-order valence-corrected chi connectivity index (χ3v) is 2.87. The Morgan fingerprint density at radius 1 is 1.62 bits per heavy atom. The van der Waals surface area contributed by atoms with Gasteiger partial charge in [0.2, 0.25) is 0 Å². The minimum Gasteiger partial charge on any atom is -0.391 e. The molecule has 0 radical (unpaired) electrons. The Bertz CT molecular complexity index is 351. The van der Waals surface area contributed by atoms with Gasteiger partial charge in [-0.2, -0.15) is 0 Å². The monoisotopic (exact) mass is 245 g/mol. The molecule has 13 heavy (non-hydrogen) atoms. The van der Waals surface area contributed by atoms with Crippen molar-refractivity contribution in [1.82, 2.24) is 0 Å². The van der Waals surface area contributed by atoms with Crippen LogP contribution in [0.2, 0.25) is 0 Å². The number of aliphatic hydroxyl groups excluding tert-OH is 1. The zero-order chi connectivity index (χ0) is 10.0. The molecule has 70 valence electrons. The third-order valence-electron chi connectivity index (χ3n) is 1.77. The maximum absolute atomic E-state index is 10.5. The summed E-state index contributed by atoms with van der Waals surface area (Å²) in [6, 6.07) is 3.03. The quantitative estimate of drug-likeness (QED) is 0.642. The molecule has 5 heteroatoms. The maximum atomic E-state index is 10.5. The highest BCUT2D eigenvalue weighted by molar-refractivity contribution is 9.10. The SMILES string of the molecule is Cc1ccc([N+](=O)[O-])c(CO)c1Br. The van der Waals surface area contributed by atoms with Gasteiger partial charge in [-0.15, -0.1) is 0 Å². The summed E-state index contributed by atoms with van der Waals surface area (Å²) in [5.74, 6) is 0. The fourth-order valence-corrected chi connectivity index (χ4v) is 1.51. The van der Waals surface area contributed by atoms with Crippen molar-refractivity contribution in [3.8, 4) is 0 Å². The molecule has 0 atom stereocenters. The van der Waals surface area contributed by atoms with Crippen LogP contribution in [0.5, 0.6) is 0 Å². The summed E-state index contributed by atoms with van der Waals surface area (Å²) >= 11 is 3.20. The average molecular weight is 246 g/mol. The average Bonchev–Trinajstić information content (AvgIpc) is 2.09. The van der Waals surface area contributed by atoms with Crippen LogP contribution in [0.4, 0.5) is 5.69 Å². The van der Waals surface area contributed by atoms with Crippen LogP contribution >= 0.6 is 15.9 Å². The Labute approximate surface area is 83.5 Å². The van der Waals surface area contributed by atoms with Crippen LogP contribution in [0.3, 0.4) is 0 Å². The fourth-order valence-electron chi connectivity index (χ4n) is 1.05. The molecule has 4 nitrogen and oxygen atoms in total. The molecule has 0 fully saturated rings. The summed E-state index contributed by atoms with van der Waals surface area (Å²) in [7, 11) is 0. The molecule has 0 aromatic heterocycles. The van der Waals surface area contributed by atoms with Crippen molar-refractivity contribution in [2.75, 3.05) is 0 Å². The van der Waals surface area contributed by atoms with Gasteiger partial charge in [0.05, 0.1) is 17.1 Å². The Hall–Kier alpha value is -0.940. The molecule has 1 aromatic carbocycles. The van der Waals surface area contributed by atoms with Gasteiger partial charge >= 0.3 is 0 Å². The van der Waals surface area contributed by atoms with E-state index in [1.807, 2.05) is 6.92 Å². The van der Waals surface area contributed by atoms with E-state index < -0.39 is 4.92 Å². The van der Waals surface area contributed by atoms with Crippen molar-refractivity contribution in [2.24, 2.45) is 0 Å². The van der Waals surface area contributed by atoms with Crippen molar-refractivity contribution >= 4 is 21.6 Å². The number of nitrogens with zero attached hydrogens (tertiary/aromatic N) is 1. The molecule has 0 heterocycles. The zero-order valence-corrected chi connectivity index (χ0v) is 8.54. The summed E-state index contributed by atoms with van der Waals surface area (Å²) in [6.07, 6.45) is 0. The first kappa shape index (κ1) is 10.1. The van der Waals surface area contributed by atoms with Gasteiger partial charge in [0.25, 0.3) is 5.69 Å². The fraction of sp³-hybridized carbons (Fsp3) is 0.250. The molecule has 1 aromatic rings. The van der Waals surface area contributed by atoms with E-state index in [0.717, 1.165) is 5.56 Å². The van der Waals surface area contributed by atoms with Gasteiger partial charge in [-0.1, -0.05) is 6.07 Å². The van der Waals surface area contributed by atoms with Crippen molar-refractivity contribution in [3.63, 3.8) is 0 Å². The second-order valence-corrected chi connectivity index (χ2v) is 3.40. The number of nitro benzene ring substituents is 1.